The number of fused-ring (bicyclic) bond motifs is 1. The summed E-state index contributed by atoms with van der Waals surface area (Å²) in [7, 11) is 4.69. The Bertz CT molecular complexity index is 1150. The summed E-state index contributed by atoms with van der Waals surface area (Å²) in [5, 5.41) is 12.5. The lowest BCUT2D eigenvalue weighted by Gasteiger charge is -2.27. The lowest BCUT2D eigenvalue weighted by Crippen LogP contribution is -2.25. The van der Waals surface area contributed by atoms with Gasteiger partial charge in [0, 0.05) is 35.9 Å². The summed E-state index contributed by atoms with van der Waals surface area (Å²) in [6, 6.07) is 12.7. The van der Waals surface area contributed by atoms with Gasteiger partial charge in [-0.05, 0) is 30.3 Å². The first-order valence-corrected chi connectivity index (χ1v) is 9.61. The monoisotopic (exact) mass is 422 g/mol. The zero-order valence-corrected chi connectivity index (χ0v) is 17.3. The minimum atomic E-state index is -1.12. The van der Waals surface area contributed by atoms with Crippen LogP contribution in [0.2, 0.25) is 0 Å². The number of rotatable bonds is 6. The van der Waals surface area contributed by atoms with Gasteiger partial charge in [0.05, 0.1) is 32.7 Å². The lowest BCUT2D eigenvalue weighted by molar-refractivity contribution is -0.116. The molecule has 0 fully saturated rings. The number of carbonyl (C=O) groups is 2. The number of aromatic carboxylic acids is 1. The van der Waals surface area contributed by atoms with Gasteiger partial charge < -0.3 is 29.2 Å². The van der Waals surface area contributed by atoms with Crippen molar-refractivity contribution in [2.45, 2.75) is 12.3 Å². The Balaban J connectivity index is 1.94. The van der Waals surface area contributed by atoms with Crippen molar-refractivity contribution in [3.63, 3.8) is 0 Å². The van der Waals surface area contributed by atoms with Gasteiger partial charge in [0.15, 0.2) is 0 Å². The summed E-state index contributed by atoms with van der Waals surface area (Å²) < 4.78 is 17.9. The maximum atomic E-state index is 12.5. The van der Waals surface area contributed by atoms with E-state index in [0.717, 1.165) is 11.3 Å². The minimum absolute atomic E-state index is 0.0244. The molecule has 1 aliphatic rings. The van der Waals surface area contributed by atoms with Crippen LogP contribution >= 0.6 is 0 Å². The molecule has 1 unspecified atom stereocenters. The second kappa shape index (κ2) is 8.06. The van der Waals surface area contributed by atoms with Crippen LogP contribution in [0.25, 0.3) is 5.69 Å². The fraction of sp³-hybridized carbons (Fsp3) is 0.217. The molecule has 2 aromatic carbocycles. The third kappa shape index (κ3) is 3.56. The molecule has 2 heterocycles. The first-order chi connectivity index (χ1) is 15.0. The number of amides is 1. The summed E-state index contributed by atoms with van der Waals surface area (Å²) in [6.07, 6.45) is 1.68. The molecule has 0 aliphatic carbocycles. The number of ether oxygens (including phenoxy) is 3. The van der Waals surface area contributed by atoms with Crippen LogP contribution in [0.1, 0.15) is 34.0 Å². The quantitative estimate of drug-likeness (QED) is 0.629. The van der Waals surface area contributed by atoms with Crippen LogP contribution in [0.4, 0.5) is 5.69 Å². The minimum Gasteiger partial charge on any atom is -0.497 e. The molecule has 1 amide bonds. The van der Waals surface area contributed by atoms with Crippen molar-refractivity contribution >= 4 is 17.6 Å². The Labute approximate surface area is 179 Å². The predicted molar refractivity (Wildman–Crippen MR) is 114 cm³/mol. The number of benzene rings is 2. The SMILES string of the molecule is COc1ccc(-n2cc(C(=O)O)c3c2C(c2ccc(OC)cc2OC)CC(=O)N3)cc1. The predicted octanol–water partition coefficient (Wildman–Crippen LogP) is 3.68. The number of carbonyl (C=O) groups excluding carboxylic acids is 1. The molecule has 0 bridgehead atoms. The fourth-order valence-corrected chi connectivity index (χ4v) is 3.95. The number of methoxy groups -OCH3 is 3. The Kier molecular flexibility index (Phi) is 5.29. The van der Waals surface area contributed by atoms with E-state index in [9.17, 15) is 14.7 Å². The van der Waals surface area contributed by atoms with Crippen LogP contribution < -0.4 is 19.5 Å². The summed E-state index contributed by atoms with van der Waals surface area (Å²) in [5.74, 6) is 0.0726. The van der Waals surface area contributed by atoms with E-state index in [4.69, 9.17) is 14.2 Å². The van der Waals surface area contributed by atoms with Crippen LogP contribution in [-0.4, -0.2) is 42.9 Å². The van der Waals surface area contributed by atoms with Crippen LogP contribution in [0.3, 0.4) is 0 Å². The molecule has 0 saturated carbocycles. The molecule has 1 aromatic heterocycles. The first kappa shape index (κ1) is 20.3. The van der Waals surface area contributed by atoms with E-state index in [-0.39, 0.29) is 17.9 Å². The first-order valence-electron chi connectivity index (χ1n) is 9.61. The van der Waals surface area contributed by atoms with Crippen LogP contribution in [0.15, 0.2) is 48.7 Å². The van der Waals surface area contributed by atoms with Gasteiger partial charge >= 0.3 is 5.97 Å². The molecule has 8 nitrogen and oxygen atoms in total. The van der Waals surface area contributed by atoms with Crippen molar-refractivity contribution < 1.29 is 28.9 Å². The Morgan fingerprint density at radius 3 is 2.32 bits per heavy atom. The fourth-order valence-electron chi connectivity index (χ4n) is 3.95. The van der Waals surface area contributed by atoms with E-state index in [2.05, 4.69) is 5.32 Å². The molecule has 1 aliphatic heterocycles. The molecule has 0 saturated heterocycles. The highest BCUT2D eigenvalue weighted by Crippen LogP contribution is 2.45. The maximum absolute atomic E-state index is 12.5. The molecule has 4 rings (SSSR count). The summed E-state index contributed by atoms with van der Waals surface area (Å²) in [5.41, 5.74) is 2.51. The van der Waals surface area contributed by atoms with Gasteiger partial charge in [0.1, 0.15) is 22.8 Å². The molecule has 2 N–H and O–H groups in total. The van der Waals surface area contributed by atoms with E-state index < -0.39 is 11.9 Å². The number of hydrogen-bond donors (Lipinski definition) is 2. The molecule has 8 heteroatoms. The lowest BCUT2D eigenvalue weighted by atomic mass is 9.87. The molecular formula is C23H22N2O6. The molecule has 0 spiro atoms. The summed E-state index contributed by atoms with van der Waals surface area (Å²) >= 11 is 0. The van der Waals surface area contributed by atoms with E-state index in [0.29, 0.717) is 28.6 Å². The van der Waals surface area contributed by atoms with Crippen LogP contribution in [0, 0.1) is 0 Å². The van der Waals surface area contributed by atoms with E-state index in [1.807, 2.05) is 18.2 Å². The van der Waals surface area contributed by atoms with Crippen LogP contribution in [0.5, 0.6) is 17.2 Å². The number of aromatic nitrogens is 1. The zero-order valence-electron chi connectivity index (χ0n) is 17.3. The van der Waals surface area contributed by atoms with Gasteiger partial charge in [-0.2, -0.15) is 0 Å². The van der Waals surface area contributed by atoms with Gasteiger partial charge in [-0.1, -0.05) is 6.07 Å². The van der Waals surface area contributed by atoms with Crippen molar-refractivity contribution in [3.8, 4) is 22.9 Å². The number of carboxylic acids is 1. The van der Waals surface area contributed by atoms with E-state index >= 15 is 0 Å². The molecule has 160 valence electrons. The van der Waals surface area contributed by atoms with Crippen molar-refractivity contribution in [2.75, 3.05) is 26.6 Å². The average Bonchev–Trinajstić information content (AvgIpc) is 3.17. The van der Waals surface area contributed by atoms with Gasteiger partial charge in [0.2, 0.25) is 5.91 Å². The Morgan fingerprint density at radius 1 is 1.03 bits per heavy atom. The van der Waals surface area contributed by atoms with E-state index in [1.165, 1.54) is 6.20 Å². The van der Waals surface area contributed by atoms with Gasteiger partial charge in [-0.25, -0.2) is 4.79 Å². The van der Waals surface area contributed by atoms with Crippen molar-refractivity contribution in [1.29, 1.82) is 0 Å². The van der Waals surface area contributed by atoms with Crippen LogP contribution in [-0.2, 0) is 4.79 Å². The van der Waals surface area contributed by atoms with Gasteiger partial charge in [0.25, 0.3) is 0 Å². The highest BCUT2D eigenvalue weighted by Gasteiger charge is 2.35. The second-order valence-electron chi connectivity index (χ2n) is 7.09. The molecule has 0 radical (unpaired) electrons. The number of hydrogen-bond acceptors (Lipinski definition) is 5. The Hall–Kier alpha value is -3.94. The third-order valence-corrected chi connectivity index (χ3v) is 5.42. The van der Waals surface area contributed by atoms with Gasteiger partial charge in [-0.3, -0.25) is 4.79 Å². The maximum Gasteiger partial charge on any atom is 0.339 e. The second-order valence-corrected chi connectivity index (χ2v) is 7.09. The molecular weight excluding hydrogens is 400 g/mol. The molecule has 3 aromatic rings. The average molecular weight is 422 g/mol. The number of nitrogens with zero attached hydrogens (tertiary/aromatic N) is 1. The van der Waals surface area contributed by atoms with Gasteiger partial charge in [-0.15, -0.1) is 0 Å². The third-order valence-electron chi connectivity index (χ3n) is 5.42. The van der Waals surface area contributed by atoms with Crippen molar-refractivity contribution in [1.82, 2.24) is 4.57 Å². The largest absolute Gasteiger partial charge is 0.497 e. The topological polar surface area (TPSA) is 99.0 Å². The number of anilines is 1. The smallest absolute Gasteiger partial charge is 0.339 e. The highest BCUT2D eigenvalue weighted by atomic mass is 16.5. The summed E-state index contributed by atoms with van der Waals surface area (Å²) in [4.78, 5) is 24.5. The zero-order chi connectivity index (χ0) is 22.1. The van der Waals surface area contributed by atoms with Crippen molar-refractivity contribution in [3.05, 3.63) is 65.5 Å². The molecule has 31 heavy (non-hydrogen) atoms. The normalized spacial score (nSPS) is 15.1. The number of carboxylic acid groups (broad SMARTS) is 1. The molecule has 1 atom stereocenters. The highest BCUT2D eigenvalue weighted by molar-refractivity contribution is 6.04. The van der Waals surface area contributed by atoms with Crippen molar-refractivity contribution in [2.24, 2.45) is 0 Å². The number of nitrogens with one attached hydrogen (secondary N) is 1. The van der Waals surface area contributed by atoms with E-state index in [1.54, 1.807) is 50.2 Å². The standard InChI is InChI=1S/C23H22N2O6/c1-29-14-6-4-13(5-7-14)25-12-18(23(27)28)21-22(25)17(11-20(26)24-21)16-9-8-15(30-2)10-19(16)31-3/h4-10,12,17H,11H2,1-3H3,(H,24,26)(H,27,28). The summed E-state index contributed by atoms with van der Waals surface area (Å²) in [6.45, 7) is 0. The Morgan fingerprint density at radius 2 is 1.71 bits per heavy atom.